The maximum absolute atomic E-state index is 12.4. The van der Waals surface area contributed by atoms with E-state index in [1.165, 1.54) is 6.08 Å². The molecule has 0 bridgehead atoms. The van der Waals surface area contributed by atoms with Crippen LogP contribution in [0.25, 0.3) is 0 Å². The number of anilines is 1. The number of hydrogen-bond acceptors (Lipinski definition) is 4. The standard InChI is InChI=1S/C20H20ClN3O3/c1-2-18(25)24-20(8-4-9-20)12-19(26)23-14-6-7-17(16(21)11-14)27-15-5-3-10-22-13-15/h2-3,5-7,10-11,13H,1,4,8-9,12H2,(H,23,26)(H,24,25). The molecule has 0 aliphatic heterocycles. The first-order chi connectivity index (χ1) is 13.0. The summed E-state index contributed by atoms with van der Waals surface area (Å²) in [5, 5.41) is 6.07. The third-order valence-electron chi connectivity index (χ3n) is 4.46. The van der Waals surface area contributed by atoms with Crippen molar-refractivity contribution in [3.05, 3.63) is 60.4 Å². The molecule has 1 heterocycles. The Labute approximate surface area is 162 Å². The molecule has 1 aliphatic rings. The van der Waals surface area contributed by atoms with Crippen molar-refractivity contribution in [3.8, 4) is 11.5 Å². The van der Waals surface area contributed by atoms with Gasteiger partial charge in [-0.1, -0.05) is 18.2 Å². The highest BCUT2D eigenvalue weighted by Crippen LogP contribution is 2.36. The van der Waals surface area contributed by atoms with E-state index in [0.29, 0.717) is 22.2 Å². The van der Waals surface area contributed by atoms with E-state index in [0.717, 1.165) is 19.3 Å². The number of aromatic nitrogens is 1. The minimum atomic E-state index is -0.484. The maximum Gasteiger partial charge on any atom is 0.243 e. The molecule has 0 saturated heterocycles. The van der Waals surface area contributed by atoms with Crippen molar-refractivity contribution >= 4 is 29.1 Å². The fraction of sp³-hybridized carbons (Fsp3) is 0.250. The van der Waals surface area contributed by atoms with Gasteiger partial charge in [0.15, 0.2) is 0 Å². The lowest BCUT2D eigenvalue weighted by atomic mass is 9.74. The summed E-state index contributed by atoms with van der Waals surface area (Å²) >= 11 is 6.26. The van der Waals surface area contributed by atoms with E-state index >= 15 is 0 Å². The second-order valence-corrected chi connectivity index (χ2v) is 6.90. The molecule has 27 heavy (non-hydrogen) atoms. The average molecular weight is 386 g/mol. The molecule has 1 aliphatic carbocycles. The van der Waals surface area contributed by atoms with Crippen LogP contribution in [0.5, 0.6) is 11.5 Å². The highest BCUT2D eigenvalue weighted by molar-refractivity contribution is 6.32. The molecule has 0 spiro atoms. The second kappa shape index (κ2) is 8.22. The number of ether oxygens (including phenoxy) is 1. The van der Waals surface area contributed by atoms with E-state index in [9.17, 15) is 9.59 Å². The SMILES string of the molecule is C=CC(=O)NC1(CC(=O)Nc2ccc(Oc3cccnc3)c(Cl)c2)CCC1. The van der Waals surface area contributed by atoms with Gasteiger partial charge in [0.1, 0.15) is 11.5 Å². The first kappa shape index (κ1) is 18.9. The van der Waals surface area contributed by atoms with Gasteiger partial charge in [-0.15, -0.1) is 0 Å². The summed E-state index contributed by atoms with van der Waals surface area (Å²) < 4.78 is 5.67. The summed E-state index contributed by atoms with van der Waals surface area (Å²) in [7, 11) is 0. The predicted molar refractivity (Wildman–Crippen MR) is 104 cm³/mol. The van der Waals surface area contributed by atoms with Gasteiger partial charge >= 0.3 is 0 Å². The first-order valence-corrected chi connectivity index (χ1v) is 8.99. The Morgan fingerprint density at radius 3 is 2.74 bits per heavy atom. The Morgan fingerprint density at radius 2 is 2.15 bits per heavy atom. The maximum atomic E-state index is 12.4. The molecule has 1 aromatic carbocycles. The summed E-state index contributed by atoms with van der Waals surface area (Å²) in [6.45, 7) is 3.45. The minimum Gasteiger partial charge on any atom is -0.454 e. The Morgan fingerprint density at radius 1 is 1.33 bits per heavy atom. The predicted octanol–water partition coefficient (Wildman–Crippen LogP) is 4.08. The molecule has 2 amide bonds. The van der Waals surface area contributed by atoms with E-state index < -0.39 is 5.54 Å². The summed E-state index contributed by atoms with van der Waals surface area (Å²) in [5.41, 5.74) is 0.0794. The molecule has 140 valence electrons. The van der Waals surface area contributed by atoms with E-state index in [-0.39, 0.29) is 18.2 Å². The van der Waals surface area contributed by atoms with E-state index in [1.807, 2.05) is 0 Å². The Balaban J connectivity index is 1.62. The third kappa shape index (κ3) is 4.86. The quantitative estimate of drug-likeness (QED) is 0.704. The van der Waals surface area contributed by atoms with Crippen LogP contribution in [0, 0.1) is 0 Å². The molecule has 1 fully saturated rings. The molecule has 0 radical (unpaired) electrons. The molecule has 0 unspecified atom stereocenters. The van der Waals surface area contributed by atoms with Crippen LogP contribution in [-0.2, 0) is 9.59 Å². The summed E-state index contributed by atoms with van der Waals surface area (Å²) in [6.07, 6.45) is 7.20. The number of benzene rings is 1. The second-order valence-electron chi connectivity index (χ2n) is 6.49. The molecule has 6 nitrogen and oxygen atoms in total. The topological polar surface area (TPSA) is 80.3 Å². The lowest BCUT2D eigenvalue weighted by Crippen LogP contribution is -2.54. The van der Waals surface area contributed by atoms with Gasteiger partial charge in [0.05, 0.1) is 17.6 Å². The van der Waals surface area contributed by atoms with Crippen molar-refractivity contribution in [3.63, 3.8) is 0 Å². The molecule has 0 atom stereocenters. The van der Waals surface area contributed by atoms with Crippen LogP contribution in [0.15, 0.2) is 55.4 Å². The molecule has 3 rings (SSSR count). The Bertz CT molecular complexity index is 851. The van der Waals surface area contributed by atoms with Crippen molar-refractivity contribution in [2.24, 2.45) is 0 Å². The molecule has 7 heteroatoms. The van der Waals surface area contributed by atoms with Gasteiger partial charge in [-0.2, -0.15) is 0 Å². The molecule has 2 N–H and O–H groups in total. The van der Waals surface area contributed by atoms with Crippen LogP contribution < -0.4 is 15.4 Å². The minimum absolute atomic E-state index is 0.184. The lowest BCUT2D eigenvalue weighted by molar-refractivity contribution is -0.122. The fourth-order valence-electron chi connectivity index (χ4n) is 2.97. The zero-order valence-electron chi connectivity index (χ0n) is 14.7. The summed E-state index contributed by atoms with van der Waals surface area (Å²) in [6, 6.07) is 8.56. The number of hydrogen-bond donors (Lipinski definition) is 2. The first-order valence-electron chi connectivity index (χ1n) is 8.62. The number of rotatable bonds is 7. The average Bonchev–Trinajstić information content (AvgIpc) is 2.63. The van der Waals surface area contributed by atoms with Crippen LogP contribution in [0.1, 0.15) is 25.7 Å². The van der Waals surface area contributed by atoms with E-state index in [1.54, 1.807) is 42.7 Å². The van der Waals surface area contributed by atoms with Crippen LogP contribution >= 0.6 is 11.6 Å². The van der Waals surface area contributed by atoms with Crippen molar-refractivity contribution in [1.82, 2.24) is 10.3 Å². The smallest absolute Gasteiger partial charge is 0.243 e. The lowest BCUT2D eigenvalue weighted by Gasteiger charge is -2.41. The van der Waals surface area contributed by atoms with Crippen molar-refractivity contribution < 1.29 is 14.3 Å². The molecular weight excluding hydrogens is 366 g/mol. The van der Waals surface area contributed by atoms with E-state index in [2.05, 4.69) is 22.2 Å². The Hall–Kier alpha value is -2.86. The molecular formula is C20H20ClN3O3. The van der Waals surface area contributed by atoms with Crippen LogP contribution in [-0.4, -0.2) is 22.3 Å². The van der Waals surface area contributed by atoms with Gasteiger partial charge in [-0.25, -0.2) is 0 Å². The van der Waals surface area contributed by atoms with Crippen LogP contribution in [0.3, 0.4) is 0 Å². The number of pyridine rings is 1. The molecule has 1 saturated carbocycles. The third-order valence-corrected chi connectivity index (χ3v) is 4.76. The number of halogens is 1. The number of carbonyl (C=O) groups excluding carboxylic acids is 2. The van der Waals surface area contributed by atoms with Crippen molar-refractivity contribution in [2.45, 2.75) is 31.2 Å². The summed E-state index contributed by atoms with van der Waals surface area (Å²) in [5.74, 6) is 0.593. The zero-order chi connectivity index (χ0) is 19.3. The fourth-order valence-corrected chi connectivity index (χ4v) is 3.19. The number of amides is 2. The normalized spacial score (nSPS) is 14.6. The van der Waals surface area contributed by atoms with E-state index in [4.69, 9.17) is 16.3 Å². The van der Waals surface area contributed by atoms with Gasteiger partial charge in [0.2, 0.25) is 11.8 Å². The zero-order valence-corrected chi connectivity index (χ0v) is 15.5. The van der Waals surface area contributed by atoms with Crippen LogP contribution in [0.2, 0.25) is 5.02 Å². The summed E-state index contributed by atoms with van der Waals surface area (Å²) in [4.78, 5) is 28.0. The molecule has 2 aromatic rings. The van der Waals surface area contributed by atoms with Crippen molar-refractivity contribution in [1.29, 1.82) is 0 Å². The Kier molecular flexibility index (Phi) is 5.76. The van der Waals surface area contributed by atoms with Crippen LogP contribution in [0.4, 0.5) is 5.69 Å². The van der Waals surface area contributed by atoms with Gasteiger partial charge < -0.3 is 15.4 Å². The van der Waals surface area contributed by atoms with Gasteiger partial charge in [0, 0.05) is 17.4 Å². The number of nitrogens with one attached hydrogen (secondary N) is 2. The number of carbonyl (C=O) groups is 2. The highest BCUT2D eigenvalue weighted by atomic mass is 35.5. The monoisotopic (exact) mass is 385 g/mol. The highest BCUT2D eigenvalue weighted by Gasteiger charge is 2.39. The molecule has 1 aromatic heterocycles. The van der Waals surface area contributed by atoms with Gasteiger partial charge in [-0.3, -0.25) is 14.6 Å². The van der Waals surface area contributed by atoms with Gasteiger partial charge in [-0.05, 0) is 55.7 Å². The van der Waals surface area contributed by atoms with Gasteiger partial charge in [0.25, 0.3) is 0 Å². The largest absolute Gasteiger partial charge is 0.454 e. The van der Waals surface area contributed by atoms with Crippen molar-refractivity contribution in [2.75, 3.05) is 5.32 Å². The number of nitrogens with zero attached hydrogens (tertiary/aromatic N) is 1.